The predicted molar refractivity (Wildman–Crippen MR) is 46.3 cm³/mol. The van der Waals surface area contributed by atoms with Gasteiger partial charge in [-0.3, -0.25) is 0 Å². The molecule has 1 aliphatic heterocycles. The summed E-state index contributed by atoms with van der Waals surface area (Å²) >= 11 is 5.67. The topological polar surface area (TPSA) is 18.5 Å². The molecule has 0 amide bonds. The summed E-state index contributed by atoms with van der Waals surface area (Å²) in [5.41, 5.74) is 1.64. The molecule has 0 fully saturated rings. The number of fused-ring (bicyclic) bond motifs is 1. The lowest BCUT2D eigenvalue weighted by Gasteiger charge is -2.22. The molecule has 2 rings (SSSR count). The molecule has 0 saturated heterocycles. The van der Waals surface area contributed by atoms with Crippen LogP contribution in [0.1, 0.15) is 11.1 Å². The van der Waals surface area contributed by atoms with E-state index in [9.17, 15) is 4.39 Å². The molecule has 2 nitrogen and oxygen atoms in total. The SMILES string of the molecule is FC1OCc2cccc(CCl)c2O1. The van der Waals surface area contributed by atoms with Gasteiger partial charge in [0.05, 0.1) is 12.5 Å². The molecule has 1 aliphatic rings. The fourth-order valence-electron chi connectivity index (χ4n) is 1.29. The number of rotatable bonds is 1. The van der Waals surface area contributed by atoms with Crippen LogP contribution in [0.15, 0.2) is 18.2 Å². The molecule has 1 aromatic rings. The van der Waals surface area contributed by atoms with Crippen molar-refractivity contribution in [3.05, 3.63) is 29.3 Å². The van der Waals surface area contributed by atoms with Gasteiger partial charge in [-0.1, -0.05) is 18.2 Å². The van der Waals surface area contributed by atoms with E-state index < -0.39 is 6.54 Å². The van der Waals surface area contributed by atoms with Gasteiger partial charge in [0, 0.05) is 11.1 Å². The molecule has 13 heavy (non-hydrogen) atoms. The van der Waals surface area contributed by atoms with Crippen molar-refractivity contribution in [3.63, 3.8) is 0 Å². The highest BCUT2D eigenvalue weighted by atomic mass is 35.5. The van der Waals surface area contributed by atoms with E-state index in [1.807, 2.05) is 18.2 Å². The molecule has 0 saturated carbocycles. The van der Waals surface area contributed by atoms with Crippen LogP contribution in [-0.4, -0.2) is 6.54 Å². The van der Waals surface area contributed by atoms with Crippen molar-refractivity contribution in [2.24, 2.45) is 0 Å². The lowest BCUT2D eigenvalue weighted by Crippen LogP contribution is -2.21. The van der Waals surface area contributed by atoms with Crippen LogP contribution in [0.25, 0.3) is 0 Å². The number of ether oxygens (including phenoxy) is 2. The van der Waals surface area contributed by atoms with Crippen LogP contribution in [0.3, 0.4) is 0 Å². The first-order chi connectivity index (χ1) is 6.31. The van der Waals surface area contributed by atoms with Crippen molar-refractivity contribution in [1.29, 1.82) is 0 Å². The summed E-state index contributed by atoms with van der Waals surface area (Å²) in [6.07, 6.45) is 0. The van der Waals surface area contributed by atoms with Crippen molar-refractivity contribution >= 4 is 11.6 Å². The monoisotopic (exact) mass is 202 g/mol. The third kappa shape index (κ3) is 1.62. The van der Waals surface area contributed by atoms with Crippen LogP contribution in [0.2, 0.25) is 0 Å². The summed E-state index contributed by atoms with van der Waals surface area (Å²) in [4.78, 5) is 0. The van der Waals surface area contributed by atoms with E-state index in [1.165, 1.54) is 0 Å². The average molecular weight is 203 g/mol. The minimum absolute atomic E-state index is 0.237. The maximum Gasteiger partial charge on any atom is 0.353 e. The van der Waals surface area contributed by atoms with Crippen molar-refractivity contribution in [3.8, 4) is 5.75 Å². The normalized spacial score (nSPS) is 20.6. The van der Waals surface area contributed by atoms with E-state index in [2.05, 4.69) is 4.74 Å². The van der Waals surface area contributed by atoms with E-state index in [1.54, 1.807) is 0 Å². The highest BCUT2D eigenvalue weighted by Crippen LogP contribution is 2.31. The van der Waals surface area contributed by atoms with Crippen LogP contribution in [0, 0.1) is 0 Å². The van der Waals surface area contributed by atoms with Crippen LogP contribution >= 0.6 is 11.6 Å². The number of alkyl halides is 2. The van der Waals surface area contributed by atoms with Gasteiger partial charge in [0.1, 0.15) is 5.75 Å². The number of halogens is 2. The molecule has 0 aliphatic carbocycles. The van der Waals surface area contributed by atoms with Crippen molar-refractivity contribution in [1.82, 2.24) is 0 Å². The Morgan fingerprint density at radius 3 is 3.15 bits per heavy atom. The summed E-state index contributed by atoms with van der Waals surface area (Å²) < 4.78 is 22.2. The van der Waals surface area contributed by atoms with Gasteiger partial charge >= 0.3 is 6.54 Å². The highest BCUT2D eigenvalue weighted by molar-refractivity contribution is 6.17. The molecular weight excluding hydrogens is 195 g/mol. The van der Waals surface area contributed by atoms with Crippen LogP contribution in [-0.2, 0) is 17.2 Å². The Hall–Kier alpha value is -0.800. The Morgan fingerprint density at radius 1 is 1.54 bits per heavy atom. The summed E-state index contributed by atoms with van der Waals surface area (Å²) in [7, 11) is 0. The molecule has 1 atom stereocenters. The van der Waals surface area contributed by atoms with E-state index in [0.717, 1.165) is 11.1 Å². The van der Waals surface area contributed by atoms with Gasteiger partial charge in [0.2, 0.25) is 0 Å². The molecule has 4 heteroatoms. The van der Waals surface area contributed by atoms with E-state index in [4.69, 9.17) is 16.3 Å². The largest absolute Gasteiger partial charge is 0.437 e. The molecule has 70 valence electrons. The standard InChI is InChI=1S/C9H8ClFO2/c10-4-6-2-1-3-7-5-12-9(11)13-8(6)7/h1-3,9H,4-5H2. The molecular formula is C9H8ClFO2. The molecule has 0 N–H and O–H groups in total. The van der Waals surface area contributed by atoms with Gasteiger partial charge in [0.25, 0.3) is 0 Å². The number of hydrogen-bond donors (Lipinski definition) is 0. The Balaban J connectivity index is 2.41. The average Bonchev–Trinajstić information content (AvgIpc) is 2.17. The summed E-state index contributed by atoms with van der Waals surface area (Å²) in [5.74, 6) is 0.840. The fraction of sp³-hybridized carbons (Fsp3) is 0.333. The summed E-state index contributed by atoms with van der Waals surface area (Å²) in [6.45, 7) is -1.43. The molecule has 1 aromatic carbocycles. The second-order valence-electron chi connectivity index (χ2n) is 2.74. The Labute approximate surface area is 80.2 Å². The second-order valence-corrected chi connectivity index (χ2v) is 3.01. The molecule has 1 unspecified atom stereocenters. The molecule has 0 aromatic heterocycles. The maximum atomic E-state index is 12.7. The molecule has 1 heterocycles. The van der Waals surface area contributed by atoms with Gasteiger partial charge < -0.3 is 9.47 Å². The smallest absolute Gasteiger partial charge is 0.353 e. The van der Waals surface area contributed by atoms with E-state index in [-0.39, 0.29) is 6.61 Å². The highest BCUT2D eigenvalue weighted by Gasteiger charge is 2.20. The van der Waals surface area contributed by atoms with Gasteiger partial charge in [-0.2, -0.15) is 4.39 Å². The zero-order chi connectivity index (χ0) is 9.26. The van der Waals surface area contributed by atoms with E-state index in [0.29, 0.717) is 11.6 Å². The zero-order valence-electron chi connectivity index (χ0n) is 6.80. The zero-order valence-corrected chi connectivity index (χ0v) is 7.55. The fourth-order valence-corrected chi connectivity index (χ4v) is 1.50. The van der Waals surface area contributed by atoms with Gasteiger partial charge in [-0.25, -0.2) is 0 Å². The van der Waals surface area contributed by atoms with Crippen molar-refractivity contribution in [2.75, 3.05) is 0 Å². The first kappa shape index (κ1) is 8.78. The van der Waals surface area contributed by atoms with Crippen LogP contribution < -0.4 is 4.74 Å². The lowest BCUT2D eigenvalue weighted by atomic mass is 10.1. The van der Waals surface area contributed by atoms with Gasteiger partial charge in [0.15, 0.2) is 0 Å². The Kier molecular flexibility index (Phi) is 2.38. The minimum atomic E-state index is -1.67. The minimum Gasteiger partial charge on any atom is -0.437 e. The molecule has 0 spiro atoms. The number of hydrogen-bond acceptors (Lipinski definition) is 2. The second kappa shape index (κ2) is 3.52. The van der Waals surface area contributed by atoms with Crippen molar-refractivity contribution in [2.45, 2.75) is 19.0 Å². The van der Waals surface area contributed by atoms with E-state index >= 15 is 0 Å². The maximum absolute atomic E-state index is 12.7. The quantitative estimate of drug-likeness (QED) is 0.652. The summed E-state index contributed by atoms with van der Waals surface area (Å²) in [5, 5.41) is 0. The first-order valence-electron chi connectivity index (χ1n) is 3.90. The lowest BCUT2D eigenvalue weighted by molar-refractivity contribution is -0.187. The third-order valence-electron chi connectivity index (χ3n) is 1.90. The molecule has 0 bridgehead atoms. The first-order valence-corrected chi connectivity index (χ1v) is 4.44. The summed E-state index contributed by atoms with van der Waals surface area (Å²) in [6, 6.07) is 5.49. The van der Waals surface area contributed by atoms with Gasteiger partial charge in [-0.05, 0) is 0 Å². The van der Waals surface area contributed by atoms with Gasteiger partial charge in [-0.15, -0.1) is 11.6 Å². The van der Waals surface area contributed by atoms with Crippen molar-refractivity contribution < 1.29 is 13.9 Å². The predicted octanol–water partition coefficient (Wildman–Crippen LogP) is 2.59. The molecule has 0 radical (unpaired) electrons. The van der Waals surface area contributed by atoms with Crippen LogP contribution in [0.4, 0.5) is 4.39 Å². The number of para-hydroxylation sites is 1. The third-order valence-corrected chi connectivity index (χ3v) is 2.19. The van der Waals surface area contributed by atoms with Crippen LogP contribution in [0.5, 0.6) is 5.75 Å². The Morgan fingerprint density at radius 2 is 2.38 bits per heavy atom. The number of benzene rings is 1. The Bertz CT molecular complexity index is 302.